The first kappa shape index (κ1) is 19.6. The molecule has 0 atom stereocenters. The van der Waals surface area contributed by atoms with Gasteiger partial charge in [-0.25, -0.2) is 9.37 Å². The van der Waals surface area contributed by atoms with E-state index in [2.05, 4.69) is 10.3 Å². The largest absolute Gasteiger partial charge is 0.324 e. The highest BCUT2D eigenvalue weighted by molar-refractivity contribution is 7.99. The number of amides is 1. The number of carbonyl (C=O) groups excluding carboxylic acids is 1. The molecule has 5 nitrogen and oxygen atoms in total. The molecule has 0 saturated heterocycles. The van der Waals surface area contributed by atoms with Crippen LogP contribution in [0.4, 0.5) is 10.1 Å². The molecule has 146 valence electrons. The molecule has 0 aliphatic carbocycles. The van der Waals surface area contributed by atoms with Gasteiger partial charge in [0.05, 0.1) is 27.7 Å². The zero-order valence-corrected chi connectivity index (χ0v) is 17.2. The number of para-hydroxylation sites is 2. The summed E-state index contributed by atoms with van der Waals surface area (Å²) in [6.45, 7) is 0. The second kappa shape index (κ2) is 8.36. The molecule has 4 aromatic rings. The average Bonchev–Trinajstić information content (AvgIpc) is 3.18. The van der Waals surface area contributed by atoms with Crippen LogP contribution in [-0.2, 0) is 4.79 Å². The highest BCUT2D eigenvalue weighted by Gasteiger charge is 2.18. The highest BCUT2D eigenvalue weighted by Crippen LogP contribution is 2.25. The van der Waals surface area contributed by atoms with Crippen molar-refractivity contribution in [2.75, 3.05) is 11.1 Å². The summed E-state index contributed by atoms with van der Waals surface area (Å²) >= 11 is 8.36. The molecule has 0 spiro atoms. The molecule has 0 unspecified atom stereocenters. The molecule has 0 aliphatic rings. The first-order valence-electron chi connectivity index (χ1n) is 8.47. The van der Waals surface area contributed by atoms with Gasteiger partial charge in [-0.3, -0.25) is 14.2 Å². The molecular weight excluding hydrogens is 433 g/mol. The number of nitrogens with one attached hydrogen (secondary N) is 1. The number of rotatable bonds is 5. The van der Waals surface area contributed by atoms with Gasteiger partial charge in [0, 0.05) is 0 Å². The monoisotopic (exact) mass is 445 g/mol. The fraction of sp³-hybridized carbons (Fsp3) is 0.0500. The first-order valence-corrected chi connectivity index (χ1v) is 10.7. The fourth-order valence-corrected chi connectivity index (χ4v) is 4.46. The smallest absolute Gasteiger partial charge is 0.276 e. The zero-order chi connectivity index (χ0) is 20.4. The van der Waals surface area contributed by atoms with Gasteiger partial charge in [0.25, 0.3) is 5.56 Å². The molecule has 1 N–H and O–H groups in total. The lowest BCUT2D eigenvalue weighted by Gasteiger charge is -2.13. The van der Waals surface area contributed by atoms with Crippen molar-refractivity contribution in [3.8, 4) is 5.69 Å². The number of thiophene rings is 1. The first-order chi connectivity index (χ1) is 14.0. The van der Waals surface area contributed by atoms with E-state index in [0.717, 1.165) is 11.8 Å². The van der Waals surface area contributed by atoms with Crippen molar-refractivity contribution in [2.24, 2.45) is 0 Å². The average molecular weight is 446 g/mol. The van der Waals surface area contributed by atoms with Gasteiger partial charge in [0.2, 0.25) is 5.91 Å². The van der Waals surface area contributed by atoms with E-state index in [9.17, 15) is 14.0 Å². The highest BCUT2D eigenvalue weighted by atomic mass is 35.5. The topological polar surface area (TPSA) is 64.0 Å². The van der Waals surface area contributed by atoms with Crippen LogP contribution in [0.5, 0.6) is 0 Å². The van der Waals surface area contributed by atoms with E-state index in [0.29, 0.717) is 20.9 Å². The lowest BCUT2D eigenvalue weighted by atomic mass is 10.3. The van der Waals surface area contributed by atoms with Crippen LogP contribution in [0.15, 0.2) is 69.9 Å². The van der Waals surface area contributed by atoms with E-state index in [1.165, 1.54) is 28.0 Å². The number of nitrogens with zero attached hydrogens (tertiary/aromatic N) is 2. The summed E-state index contributed by atoms with van der Waals surface area (Å²) in [7, 11) is 0. The number of carbonyl (C=O) groups is 1. The van der Waals surface area contributed by atoms with Gasteiger partial charge in [0.15, 0.2) is 5.16 Å². The zero-order valence-electron chi connectivity index (χ0n) is 14.8. The lowest BCUT2D eigenvalue weighted by molar-refractivity contribution is -0.113. The number of anilines is 1. The summed E-state index contributed by atoms with van der Waals surface area (Å²) < 4.78 is 16.0. The molecule has 4 rings (SSSR count). The molecule has 1 amide bonds. The number of aromatic nitrogens is 2. The summed E-state index contributed by atoms with van der Waals surface area (Å²) in [5.41, 5.74) is 0.729. The summed E-state index contributed by atoms with van der Waals surface area (Å²) in [5, 5.41) is 5.13. The molecule has 9 heteroatoms. The van der Waals surface area contributed by atoms with Gasteiger partial charge >= 0.3 is 0 Å². The quantitative estimate of drug-likeness (QED) is 0.348. The SMILES string of the molecule is O=C(CSc1nc2ccsc2c(=O)n1-c1ccccc1F)Nc1ccccc1Cl. The number of thioether (sulfide) groups is 1. The van der Waals surface area contributed by atoms with Crippen LogP contribution in [0.25, 0.3) is 15.9 Å². The molecule has 0 saturated carbocycles. The van der Waals surface area contributed by atoms with Crippen molar-refractivity contribution in [3.05, 3.63) is 81.2 Å². The van der Waals surface area contributed by atoms with Crippen LogP contribution in [0.1, 0.15) is 0 Å². The number of benzene rings is 2. The predicted molar refractivity (Wildman–Crippen MR) is 116 cm³/mol. The molecule has 0 aliphatic heterocycles. The van der Waals surface area contributed by atoms with E-state index >= 15 is 0 Å². The minimum atomic E-state index is -0.547. The molecule has 0 radical (unpaired) electrons. The molecule has 0 bridgehead atoms. The molecule has 29 heavy (non-hydrogen) atoms. The van der Waals surface area contributed by atoms with E-state index in [1.54, 1.807) is 47.8 Å². The molecule has 2 heterocycles. The predicted octanol–water partition coefficient (Wildman–Crippen LogP) is 4.97. The Balaban J connectivity index is 1.67. The Morgan fingerprint density at radius 2 is 1.93 bits per heavy atom. The van der Waals surface area contributed by atoms with Gasteiger partial charge in [-0.15, -0.1) is 11.3 Å². The third kappa shape index (κ3) is 4.05. The normalized spacial score (nSPS) is 11.0. The third-order valence-corrected chi connectivity index (χ3v) is 6.18. The second-order valence-corrected chi connectivity index (χ2v) is 8.20. The molecular formula is C20H13ClFN3O2S2. The Labute approximate surface area is 178 Å². The van der Waals surface area contributed by atoms with E-state index < -0.39 is 5.82 Å². The van der Waals surface area contributed by atoms with E-state index in [1.807, 2.05) is 0 Å². The van der Waals surface area contributed by atoms with E-state index in [-0.39, 0.29) is 28.1 Å². The van der Waals surface area contributed by atoms with Crippen molar-refractivity contribution in [1.29, 1.82) is 0 Å². The van der Waals surface area contributed by atoms with Crippen LogP contribution in [-0.4, -0.2) is 21.2 Å². The Bertz CT molecular complexity index is 1270. The van der Waals surface area contributed by atoms with Crippen molar-refractivity contribution in [2.45, 2.75) is 5.16 Å². The Kier molecular flexibility index (Phi) is 5.66. The summed E-state index contributed by atoms with van der Waals surface area (Å²) in [5.74, 6) is -0.889. The maximum absolute atomic E-state index is 14.4. The second-order valence-electron chi connectivity index (χ2n) is 5.94. The summed E-state index contributed by atoms with van der Waals surface area (Å²) in [6, 6.07) is 14.6. The van der Waals surface area contributed by atoms with E-state index in [4.69, 9.17) is 11.6 Å². The Morgan fingerprint density at radius 3 is 2.72 bits per heavy atom. The Morgan fingerprint density at radius 1 is 1.17 bits per heavy atom. The van der Waals surface area contributed by atoms with Crippen LogP contribution < -0.4 is 10.9 Å². The molecule has 2 aromatic carbocycles. The van der Waals surface area contributed by atoms with Crippen LogP contribution >= 0.6 is 34.7 Å². The van der Waals surface area contributed by atoms with Gasteiger partial charge in [-0.2, -0.15) is 0 Å². The van der Waals surface area contributed by atoms with Gasteiger partial charge in [-0.05, 0) is 35.7 Å². The summed E-state index contributed by atoms with van der Waals surface area (Å²) in [4.78, 5) is 29.8. The standard InChI is InChI=1S/C20H13ClFN3O2S2/c21-12-5-1-3-7-14(12)23-17(26)11-29-20-24-15-9-10-28-18(15)19(27)25(20)16-8-4-2-6-13(16)22/h1-10H,11H2,(H,23,26). The van der Waals surface area contributed by atoms with Crippen molar-refractivity contribution < 1.29 is 9.18 Å². The van der Waals surface area contributed by atoms with Crippen LogP contribution in [0.3, 0.4) is 0 Å². The number of hydrogen-bond donors (Lipinski definition) is 1. The maximum atomic E-state index is 14.4. The fourth-order valence-electron chi connectivity index (χ4n) is 2.71. The van der Waals surface area contributed by atoms with Gasteiger partial charge in [0.1, 0.15) is 10.5 Å². The van der Waals surface area contributed by atoms with Crippen LogP contribution in [0, 0.1) is 5.82 Å². The van der Waals surface area contributed by atoms with Gasteiger partial charge < -0.3 is 5.32 Å². The minimum Gasteiger partial charge on any atom is -0.324 e. The number of hydrogen-bond acceptors (Lipinski definition) is 5. The van der Waals surface area contributed by atoms with Crippen molar-refractivity contribution in [1.82, 2.24) is 9.55 Å². The number of halogens is 2. The van der Waals surface area contributed by atoms with Crippen LogP contribution in [0.2, 0.25) is 5.02 Å². The minimum absolute atomic E-state index is 0.0260. The molecule has 2 aromatic heterocycles. The van der Waals surface area contributed by atoms with Crippen molar-refractivity contribution in [3.63, 3.8) is 0 Å². The maximum Gasteiger partial charge on any atom is 0.276 e. The number of fused-ring (bicyclic) bond motifs is 1. The third-order valence-electron chi connectivity index (χ3n) is 4.02. The van der Waals surface area contributed by atoms with Gasteiger partial charge in [-0.1, -0.05) is 47.6 Å². The molecule has 0 fully saturated rings. The summed E-state index contributed by atoms with van der Waals surface area (Å²) in [6.07, 6.45) is 0. The van der Waals surface area contributed by atoms with Crippen molar-refractivity contribution >= 4 is 56.5 Å². The lowest BCUT2D eigenvalue weighted by Crippen LogP contribution is -2.23. The Hall–Kier alpha value is -2.68.